The number of rotatable bonds is 5. The van der Waals surface area contributed by atoms with Crippen molar-refractivity contribution in [2.45, 2.75) is 12.8 Å². The standard InChI is InChI=1S/C15H12F2N4O2/c1-22-11-5-3-2-4-9(11)6-12-18-7-10(8-19-12)14-20-21-15(23-14)13(16)17/h2-5,7-8,13H,6H2,1H3. The smallest absolute Gasteiger partial charge is 0.314 e. The average molecular weight is 318 g/mol. The number of methoxy groups -OCH3 is 1. The van der Waals surface area contributed by atoms with Gasteiger partial charge in [0.15, 0.2) is 0 Å². The zero-order valence-electron chi connectivity index (χ0n) is 12.1. The van der Waals surface area contributed by atoms with Gasteiger partial charge in [0.1, 0.15) is 11.6 Å². The van der Waals surface area contributed by atoms with Gasteiger partial charge >= 0.3 is 6.43 Å². The van der Waals surface area contributed by atoms with Gasteiger partial charge in [0.2, 0.25) is 0 Å². The Morgan fingerprint density at radius 2 is 1.87 bits per heavy atom. The van der Waals surface area contributed by atoms with E-state index in [-0.39, 0.29) is 5.89 Å². The molecule has 1 aromatic carbocycles. The lowest BCUT2D eigenvalue weighted by molar-refractivity contribution is 0.116. The first-order valence-electron chi connectivity index (χ1n) is 6.72. The number of hydrogen-bond acceptors (Lipinski definition) is 6. The van der Waals surface area contributed by atoms with E-state index in [0.29, 0.717) is 17.8 Å². The summed E-state index contributed by atoms with van der Waals surface area (Å²) >= 11 is 0. The van der Waals surface area contributed by atoms with Gasteiger partial charge < -0.3 is 9.15 Å². The lowest BCUT2D eigenvalue weighted by Gasteiger charge is -2.07. The van der Waals surface area contributed by atoms with Crippen LogP contribution in [0.1, 0.15) is 23.7 Å². The van der Waals surface area contributed by atoms with E-state index in [9.17, 15) is 8.78 Å². The number of ether oxygens (including phenoxy) is 1. The molecule has 0 spiro atoms. The zero-order valence-corrected chi connectivity index (χ0v) is 12.1. The Morgan fingerprint density at radius 1 is 1.13 bits per heavy atom. The predicted molar refractivity (Wildman–Crippen MR) is 76.1 cm³/mol. The first-order chi connectivity index (χ1) is 11.2. The molecule has 2 aromatic heterocycles. The fourth-order valence-corrected chi connectivity index (χ4v) is 2.02. The third-order valence-corrected chi connectivity index (χ3v) is 3.12. The highest BCUT2D eigenvalue weighted by molar-refractivity contribution is 5.49. The second-order valence-corrected chi connectivity index (χ2v) is 4.62. The lowest BCUT2D eigenvalue weighted by atomic mass is 10.1. The number of alkyl halides is 2. The molecule has 0 bridgehead atoms. The van der Waals surface area contributed by atoms with Crippen LogP contribution < -0.4 is 4.74 Å². The minimum Gasteiger partial charge on any atom is -0.496 e. The summed E-state index contributed by atoms with van der Waals surface area (Å²) < 4.78 is 35.0. The molecule has 2 heterocycles. The van der Waals surface area contributed by atoms with E-state index in [4.69, 9.17) is 9.15 Å². The molecule has 0 fully saturated rings. The van der Waals surface area contributed by atoms with E-state index in [0.717, 1.165) is 11.3 Å². The summed E-state index contributed by atoms with van der Waals surface area (Å²) in [5.41, 5.74) is 1.33. The Kier molecular flexibility index (Phi) is 4.22. The lowest BCUT2D eigenvalue weighted by Crippen LogP contribution is -1.98. The molecule has 0 saturated carbocycles. The van der Waals surface area contributed by atoms with E-state index < -0.39 is 12.3 Å². The maximum Gasteiger partial charge on any atom is 0.314 e. The SMILES string of the molecule is COc1ccccc1Cc1ncc(-c2nnc(C(F)F)o2)cn1. The number of nitrogens with zero attached hydrogens (tertiary/aromatic N) is 4. The normalized spacial score (nSPS) is 11.0. The van der Waals surface area contributed by atoms with Crippen molar-refractivity contribution in [1.82, 2.24) is 20.2 Å². The minimum absolute atomic E-state index is 0.0378. The maximum atomic E-state index is 12.4. The minimum atomic E-state index is -2.80. The summed E-state index contributed by atoms with van der Waals surface area (Å²) in [5, 5.41) is 6.82. The van der Waals surface area contributed by atoms with Crippen molar-refractivity contribution < 1.29 is 17.9 Å². The summed E-state index contributed by atoms with van der Waals surface area (Å²) in [6.45, 7) is 0. The van der Waals surface area contributed by atoms with Crippen molar-refractivity contribution in [1.29, 1.82) is 0 Å². The Hall–Kier alpha value is -2.90. The molecule has 23 heavy (non-hydrogen) atoms. The predicted octanol–water partition coefficient (Wildman–Crippen LogP) is 3.06. The molecule has 0 atom stereocenters. The van der Waals surface area contributed by atoms with Gasteiger partial charge in [-0.05, 0) is 6.07 Å². The number of halogens is 2. The van der Waals surface area contributed by atoms with Crippen molar-refractivity contribution in [3.8, 4) is 17.2 Å². The highest BCUT2D eigenvalue weighted by Crippen LogP contribution is 2.23. The van der Waals surface area contributed by atoms with Crippen LogP contribution in [0.25, 0.3) is 11.5 Å². The summed E-state index contributed by atoms with van der Waals surface area (Å²) in [4.78, 5) is 8.40. The highest BCUT2D eigenvalue weighted by Gasteiger charge is 2.17. The summed E-state index contributed by atoms with van der Waals surface area (Å²) in [6.07, 6.45) is 0.597. The molecule has 3 rings (SSSR count). The van der Waals surface area contributed by atoms with E-state index in [1.165, 1.54) is 12.4 Å². The van der Waals surface area contributed by atoms with Crippen LogP contribution in [0.4, 0.5) is 8.78 Å². The highest BCUT2D eigenvalue weighted by atomic mass is 19.3. The summed E-state index contributed by atoms with van der Waals surface area (Å²) in [6, 6.07) is 7.55. The van der Waals surface area contributed by atoms with Gasteiger partial charge in [-0.2, -0.15) is 8.78 Å². The molecule has 0 aliphatic rings. The number of hydrogen-bond donors (Lipinski definition) is 0. The van der Waals surface area contributed by atoms with Crippen LogP contribution in [0, 0.1) is 0 Å². The Labute approximate surface area is 130 Å². The van der Waals surface area contributed by atoms with Crippen LogP contribution in [0.15, 0.2) is 41.1 Å². The van der Waals surface area contributed by atoms with E-state index in [1.807, 2.05) is 24.3 Å². The molecule has 0 unspecified atom stereocenters. The third-order valence-electron chi connectivity index (χ3n) is 3.12. The van der Waals surface area contributed by atoms with Crippen molar-refractivity contribution in [3.63, 3.8) is 0 Å². The van der Waals surface area contributed by atoms with Gasteiger partial charge in [0.25, 0.3) is 11.8 Å². The van der Waals surface area contributed by atoms with E-state index in [1.54, 1.807) is 7.11 Å². The van der Waals surface area contributed by atoms with Crippen LogP contribution in [-0.2, 0) is 6.42 Å². The van der Waals surface area contributed by atoms with Crippen LogP contribution in [0.3, 0.4) is 0 Å². The molecule has 0 aliphatic heterocycles. The zero-order chi connectivity index (χ0) is 16.2. The molecule has 0 amide bonds. The number of para-hydroxylation sites is 1. The topological polar surface area (TPSA) is 73.9 Å². The molecule has 0 radical (unpaired) electrons. The van der Waals surface area contributed by atoms with Crippen LogP contribution in [-0.4, -0.2) is 27.3 Å². The molecule has 0 saturated heterocycles. The molecule has 0 N–H and O–H groups in total. The van der Waals surface area contributed by atoms with Gasteiger partial charge in [-0.25, -0.2) is 9.97 Å². The fraction of sp³-hybridized carbons (Fsp3) is 0.200. The molecule has 6 nitrogen and oxygen atoms in total. The summed E-state index contributed by atoms with van der Waals surface area (Å²) in [7, 11) is 1.60. The molecule has 0 aliphatic carbocycles. The monoisotopic (exact) mass is 318 g/mol. The first kappa shape index (κ1) is 15.0. The fourth-order valence-electron chi connectivity index (χ4n) is 2.02. The second kappa shape index (κ2) is 6.47. The number of benzene rings is 1. The average Bonchev–Trinajstić information content (AvgIpc) is 3.06. The maximum absolute atomic E-state index is 12.4. The molecular formula is C15H12F2N4O2. The van der Waals surface area contributed by atoms with Crippen molar-refractivity contribution in [2.24, 2.45) is 0 Å². The Morgan fingerprint density at radius 3 is 2.52 bits per heavy atom. The van der Waals surface area contributed by atoms with Gasteiger partial charge in [-0.15, -0.1) is 10.2 Å². The van der Waals surface area contributed by atoms with Crippen molar-refractivity contribution in [3.05, 3.63) is 53.9 Å². The molecular weight excluding hydrogens is 306 g/mol. The van der Waals surface area contributed by atoms with E-state index >= 15 is 0 Å². The van der Waals surface area contributed by atoms with Crippen molar-refractivity contribution >= 4 is 0 Å². The van der Waals surface area contributed by atoms with Crippen LogP contribution in [0.5, 0.6) is 5.75 Å². The molecule has 3 aromatic rings. The van der Waals surface area contributed by atoms with Crippen LogP contribution in [0.2, 0.25) is 0 Å². The van der Waals surface area contributed by atoms with E-state index in [2.05, 4.69) is 20.2 Å². The Balaban J connectivity index is 1.79. The first-order valence-corrected chi connectivity index (χ1v) is 6.72. The second-order valence-electron chi connectivity index (χ2n) is 4.62. The van der Waals surface area contributed by atoms with Crippen molar-refractivity contribution in [2.75, 3.05) is 7.11 Å². The van der Waals surface area contributed by atoms with Gasteiger partial charge in [0, 0.05) is 24.4 Å². The van der Waals surface area contributed by atoms with Gasteiger partial charge in [-0.1, -0.05) is 18.2 Å². The van der Waals surface area contributed by atoms with Gasteiger partial charge in [0.05, 0.1) is 12.7 Å². The van der Waals surface area contributed by atoms with Crippen LogP contribution >= 0.6 is 0 Å². The largest absolute Gasteiger partial charge is 0.496 e. The quantitative estimate of drug-likeness (QED) is 0.720. The molecule has 8 heteroatoms. The molecule has 118 valence electrons. The summed E-state index contributed by atoms with van der Waals surface area (Å²) in [5.74, 6) is 0.549. The Bertz CT molecular complexity index is 790. The number of aromatic nitrogens is 4. The third kappa shape index (κ3) is 3.31. The van der Waals surface area contributed by atoms with Gasteiger partial charge in [-0.3, -0.25) is 0 Å².